The normalized spacial score (nSPS) is 11.0. The smallest absolute Gasteiger partial charge is 0.250 e. The number of hydrogen-bond acceptors (Lipinski definition) is 8. The highest BCUT2D eigenvalue weighted by molar-refractivity contribution is 14.1. The molecule has 2 N–H and O–H groups in total. The summed E-state index contributed by atoms with van der Waals surface area (Å²) in [5.41, 5.74) is 5.68. The summed E-state index contributed by atoms with van der Waals surface area (Å²) in [6.07, 6.45) is 1.68. The van der Waals surface area contributed by atoms with Gasteiger partial charge in [0.1, 0.15) is 12.4 Å². The Morgan fingerprint density at radius 3 is 2.47 bits per heavy atom. The van der Waals surface area contributed by atoms with E-state index in [2.05, 4.69) is 76.0 Å². The van der Waals surface area contributed by atoms with Crippen molar-refractivity contribution in [2.24, 2.45) is 5.10 Å². The molecular weight excluding hydrogens is 751 g/mol. The quantitative estimate of drug-likeness (QED) is 0.101. The Bertz CT molecular complexity index is 1440. The molecule has 8 nitrogen and oxygen atoms in total. The first-order valence-electron chi connectivity index (χ1n) is 11.3. The summed E-state index contributed by atoms with van der Waals surface area (Å²) in [4.78, 5) is 15.2. The lowest BCUT2D eigenvalue weighted by Crippen LogP contribution is -2.16. The molecule has 0 spiro atoms. The number of nitrogens with one attached hydrogen (secondary N) is 2. The maximum absolute atomic E-state index is 6.33. The Hall–Kier alpha value is -2.42. The van der Waals surface area contributed by atoms with Gasteiger partial charge in [-0.05, 0) is 75.0 Å². The summed E-state index contributed by atoms with van der Waals surface area (Å²) in [6, 6.07) is 19.4. The lowest BCUT2D eigenvalue weighted by Gasteiger charge is -2.14. The maximum Gasteiger partial charge on any atom is 0.250 e. The maximum atomic E-state index is 6.33. The van der Waals surface area contributed by atoms with E-state index in [9.17, 15) is 0 Å². The summed E-state index contributed by atoms with van der Waals surface area (Å²) in [6.45, 7) is 0.872. The topological polar surface area (TPSA) is 87.6 Å². The predicted molar refractivity (Wildman–Crippen MR) is 172 cm³/mol. The highest BCUT2D eigenvalue weighted by atomic mass is 127. The Balaban J connectivity index is 1.51. The molecular formula is C26H23Cl2I2N7O. The van der Waals surface area contributed by atoms with Crippen LogP contribution in [0.2, 0.25) is 10.0 Å². The first-order valence-corrected chi connectivity index (χ1v) is 14.3. The number of rotatable bonds is 10. The van der Waals surface area contributed by atoms with Crippen molar-refractivity contribution in [1.29, 1.82) is 0 Å². The fourth-order valence-corrected chi connectivity index (χ4v) is 5.76. The Labute approximate surface area is 258 Å². The van der Waals surface area contributed by atoms with Crippen LogP contribution >= 0.6 is 68.4 Å². The third kappa shape index (κ3) is 8.04. The molecule has 0 radical (unpaired) electrons. The van der Waals surface area contributed by atoms with E-state index in [1.807, 2.05) is 62.6 Å². The molecule has 0 amide bonds. The molecule has 196 valence electrons. The van der Waals surface area contributed by atoms with E-state index in [4.69, 9.17) is 27.9 Å². The number of hydrazone groups is 1. The average molecular weight is 774 g/mol. The van der Waals surface area contributed by atoms with Crippen LogP contribution in [0.15, 0.2) is 65.8 Å². The van der Waals surface area contributed by atoms with Gasteiger partial charge in [0.05, 0.1) is 9.78 Å². The Kier molecular flexibility index (Phi) is 10.2. The molecule has 1 heterocycles. The zero-order valence-corrected chi connectivity index (χ0v) is 26.2. The van der Waals surface area contributed by atoms with E-state index in [1.54, 1.807) is 23.2 Å². The van der Waals surface area contributed by atoms with Crippen LogP contribution < -0.4 is 20.4 Å². The fraction of sp³-hybridized carbons (Fsp3) is 0.154. The number of ether oxygens (including phenoxy) is 1. The van der Waals surface area contributed by atoms with Crippen LogP contribution in [0.3, 0.4) is 0 Å². The molecule has 0 aliphatic rings. The first-order chi connectivity index (χ1) is 18.3. The van der Waals surface area contributed by atoms with Gasteiger partial charge >= 0.3 is 0 Å². The molecule has 0 aliphatic heterocycles. The van der Waals surface area contributed by atoms with Crippen molar-refractivity contribution in [3.8, 4) is 5.75 Å². The monoisotopic (exact) mass is 773 g/mol. The van der Waals surface area contributed by atoms with Crippen LogP contribution in [0.5, 0.6) is 5.75 Å². The molecule has 0 saturated heterocycles. The van der Waals surface area contributed by atoms with Crippen molar-refractivity contribution in [2.75, 3.05) is 29.7 Å². The first kappa shape index (κ1) is 28.6. The minimum absolute atomic E-state index is 0.289. The van der Waals surface area contributed by atoms with E-state index >= 15 is 0 Å². The van der Waals surface area contributed by atoms with E-state index in [-0.39, 0.29) is 6.61 Å². The Morgan fingerprint density at radius 2 is 1.74 bits per heavy atom. The van der Waals surface area contributed by atoms with Gasteiger partial charge in [-0.3, -0.25) is 0 Å². The standard InChI is InChI=1S/C26H23Cl2I2N7O/c1-37(2)26-34-24(31-13-16-6-4-3-5-7-16)33-25(35-26)36-32-14-18-10-20(29)12-22(30)23(18)38-15-17-8-9-19(27)11-21(17)28/h3-12,14H,13,15H2,1-2H3,(H2,31,33,34,35,36)/b32-14+. The van der Waals surface area contributed by atoms with Crippen molar-refractivity contribution in [3.63, 3.8) is 0 Å². The molecule has 38 heavy (non-hydrogen) atoms. The van der Waals surface area contributed by atoms with Crippen LogP contribution in [-0.4, -0.2) is 35.3 Å². The van der Waals surface area contributed by atoms with E-state index in [0.29, 0.717) is 40.2 Å². The molecule has 0 fully saturated rings. The van der Waals surface area contributed by atoms with Gasteiger partial charge in [0.15, 0.2) is 0 Å². The van der Waals surface area contributed by atoms with E-state index in [0.717, 1.165) is 23.8 Å². The van der Waals surface area contributed by atoms with Crippen molar-refractivity contribution in [1.82, 2.24) is 15.0 Å². The third-order valence-corrected chi connectivity index (χ3v) is 7.12. The van der Waals surface area contributed by atoms with Crippen LogP contribution in [0.1, 0.15) is 16.7 Å². The van der Waals surface area contributed by atoms with Crippen molar-refractivity contribution < 1.29 is 4.74 Å². The van der Waals surface area contributed by atoms with Gasteiger partial charge < -0.3 is 15.0 Å². The third-order valence-electron chi connectivity index (χ3n) is 5.11. The number of nitrogens with zero attached hydrogens (tertiary/aromatic N) is 5. The number of halogens is 4. The minimum atomic E-state index is 0.289. The van der Waals surface area contributed by atoms with Gasteiger partial charge in [-0.25, -0.2) is 5.43 Å². The Morgan fingerprint density at radius 1 is 0.974 bits per heavy atom. The number of benzene rings is 3. The van der Waals surface area contributed by atoms with Crippen LogP contribution in [0.4, 0.5) is 17.8 Å². The van der Waals surface area contributed by atoms with Crippen molar-refractivity contribution in [2.45, 2.75) is 13.2 Å². The molecule has 1 aromatic heterocycles. The number of aromatic nitrogens is 3. The van der Waals surface area contributed by atoms with Crippen LogP contribution in [0, 0.1) is 7.14 Å². The molecule has 0 saturated carbocycles. The second-order valence-corrected chi connectivity index (χ2v) is 11.5. The lowest BCUT2D eigenvalue weighted by atomic mass is 10.2. The van der Waals surface area contributed by atoms with Crippen molar-refractivity contribution in [3.05, 3.63) is 94.5 Å². The summed E-state index contributed by atoms with van der Waals surface area (Å²) < 4.78 is 8.16. The number of anilines is 3. The van der Waals surface area contributed by atoms with Gasteiger partial charge in [-0.15, -0.1) is 0 Å². The van der Waals surface area contributed by atoms with Gasteiger partial charge in [-0.2, -0.15) is 20.1 Å². The minimum Gasteiger partial charge on any atom is -0.487 e. The van der Waals surface area contributed by atoms with Gasteiger partial charge in [-0.1, -0.05) is 59.6 Å². The van der Waals surface area contributed by atoms with E-state index in [1.165, 1.54) is 0 Å². The zero-order chi connectivity index (χ0) is 27.1. The molecule has 12 heteroatoms. The highest BCUT2D eigenvalue weighted by Gasteiger charge is 2.12. The second-order valence-electron chi connectivity index (χ2n) is 8.22. The molecule has 0 unspecified atom stereocenters. The lowest BCUT2D eigenvalue weighted by molar-refractivity contribution is 0.303. The van der Waals surface area contributed by atoms with Gasteiger partial charge in [0.25, 0.3) is 0 Å². The molecule has 4 rings (SSSR count). The number of hydrogen-bond donors (Lipinski definition) is 2. The summed E-state index contributed by atoms with van der Waals surface area (Å²) >= 11 is 16.9. The summed E-state index contributed by atoms with van der Waals surface area (Å²) in [7, 11) is 3.74. The van der Waals surface area contributed by atoms with E-state index < -0.39 is 0 Å². The summed E-state index contributed by atoms with van der Waals surface area (Å²) in [5.74, 6) is 1.95. The summed E-state index contributed by atoms with van der Waals surface area (Å²) in [5, 5.41) is 8.77. The molecule has 3 aromatic carbocycles. The van der Waals surface area contributed by atoms with Crippen LogP contribution in [-0.2, 0) is 13.2 Å². The molecule has 0 aliphatic carbocycles. The van der Waals surface area contributed by atoms with Gasteiger partial charge in [0, 0.05) is 45.4 Å². The SMILES string of the molecule is CN(C)c1nc(NCc2ccccc2)nc(N/N=C/c2cc(I)cc(I)c2OCc2ccc(Cl)cc2Cl)n1. The van der Waals surface area contributed by atoms with Crippen molar-refractivity contribution >= 4 is 92.4 Å². The molecule has 4 aromatic rings. The average Bonchev–Trinajstić information content (AvgIpc) is 2.88. The molecule has 0 atom stereocenters. The highest BCUT2D eigenvalue weighted by Crippen LogP contribution is 2.30. The van der Waals surface area contributed by atoms with Gasteiger partial charge in [0.2, 0.25) is 17.8 Å². The predicted octanol–water partition coefficient (Wildman–Crippen LogP) is 7.09. The fourth-order valence-electron chi connectivity index (χ4n) is 3.25. The largest absolute Gasteiger partial charge is 0.487 e. The zero-order valence-electron chi connectivity index (χ0n) is 20.4. The molecule has 0 bridgehead atoms. The van der Waals surface area contributed by atoms with Crippen LogP contribution in [0.25, 0.3) is 0 Å². The second kappa shape index (κ2) is 13.6.